The van der Waals surface area contributed by atoms with E-state index in [0.29, 0.717) is 11.8 Å². The van der Waals surface area contributed by atoms with Crippen molar-refractivity contribution in [2.75, 3.05) is 6.54 Å². The minimum absolute atomic E-state index is 0.0150. The molecule has 0 radical (unpaired) electrons. The van der Waals surface area contributed by atoms with Crippen LogP contribution in [0.1, 0.15) is 65.7 Å². The molecule has 0 spiro atoms. The van der Waals surface area contributed by atoms with Crippen molar-refractivity contribution in [1.82, 2.24) is 10.2 Å². The maximum Gasteiger partial charge on any atom is 0.247 e. The summed E-state index contributed by atoms with van der Waals surface area (Å²) in [5.41, 5.74) is 0.354. The van der Waals surface area contributed by atoms with Crippen LogP contribution in [0, 0.1) is 5.41 Å². The molecule has 0 aromatic heterocycles. The summed E-state index contributed by atoms with van der Waals surface area (Å²) in [6.45, 7) is 7.07. The van der Waals surface area contributed by atoms with Crippen LogP contribution in [0.5, 0.6) is 0 Å². The zero-order chi connectivity index (χ0) is 14.8. The van der Waals surface area contributed by atoms with Crippen molar-refractivity contribution < 1.29 is 9.59 Å². The number of nitrogens with zero attached hydrogens (tertiary/aromatic N) is 1. The number of carbonyl (C=O) groups is 2. The van der Waals surface area contributed by atoms with E-state index in [1.807, 2.05) is 13.8 Å². The molecular formula is C16H28N2O2. The lowest BCUT2D eigenvalue weighted by Crippen LogP contribution is -2.45. The minimum Gasteiger partial charge on any atom is -0.305 e. The van der Waals surface area contributed by atoms with Gasteiger partial charge in [0.1, 0.15) is 0 Å². The van der Waals surface area contributed by atoms with E-state index in [4.69, 9.17) is 0 Å². The number of nitrogens with one attached hydrogen (secondary N) is 1. The Bertz CT molecular complexity index is 375. The summed E-state index contributed by atoms with van der Waals surface area (Å²) in [6, 6.07) is -0.269. The Morgan fingerprint density at radius 1 is 1.30 bits per heavy atom. The fraction of sp³-hybridized carbons (Fsp3) is 0.875. The topological polar surface area (TPSA) is 49.4 Å². The van der Waals surface area contributed by atoms with Gasteiger partial charge in [-0.15, -0.1) is 0 Å². The van der Waals surface area contributed by atoms with Crippen molar-refractivity contribution in [3.8, 4) is 0 Å². The summed E-state index contributed by atoms with van der Waals surface area (Å²) in [4.78, 5) is 25.8. The fourth-order valence-corrected chi connectivity index (χ4v) is 3.58. The van der Waals surface area contributed by atoms with Gasteiger partial charge >= 0.3 is 0 Å². The average molecular weight is 280 g/mol. The van der Waals surface area contributed by atoms with Crippen LogP contribution in [-0.4, -0.2) is 35.3 Å². The predicted molar refractivity (Wildman–Crippen MR) is 79.2 cm³/mol. The highest BCUT2D eigenvalue weighted by atomic mass is 16.2. The molecule has 1 saturated carbocycles. The zero-order valence-electron chi connectivity index (χ0n) is 13.1. The fourth-order valence-electron chi connectivity index (χ4n) is 3.58. The standard InChI is InChI=1S/C16H28N2O2/c1-4-12(3)18-14(19)10-13(15(18)20)17-11-16(5-2)8-6-7-9-16/h12-13,17H,4-11H2,1-3H3. The van der Waals surface area contributed by atoms with Crippen molar-refractivity contribution >= 4 is 11.8 Å². The molecule has 1 aliphatic carbocycles. The van der Waals surface area contributed by atoms with Gasteiger partial charge in [-0.05, 0) is 38.0 Å². The first-order valence-corrected chi connectivity index (χ1v) is 8.12. The van der Waals surface area contributed by atoms with Crippen LogP contribution in [0.3, 0.4) is 0 Å². The molecule has 0 aromatic rings. The maximum atomic E-state index is 12.4. The summed E-state index contributed by atoms with van der Waals surface area (Å²) in [5.74, 6) is -0.0348. The number of hydrogen-bond acceptors (Lipinski definition) is 3. The summed E-state index contributed by atoms with van der Waals surface area (Å²) >= 11 is 0. The van der Waals surface area contributed by atoms with Gasteiger partial charge in [0.15, 0.2) is 0 Å². The third kappa shape index (κ3) is 2.90. The molecule has 0 bridgehead atoms. The third-order valence-corrected chi connectivity index (χ3v) is 5.35. The Balaban J connectivity index is 1.94. The number of likely N-dealkylation sites (tertiary alicyclic amines) is 1. The lowest BCUT2D eigenvalue weighted by atomic mass is 9.83. The van der Waals surface area contributed by atoms with Crippen LogP contribution in [0.15, 0.2) is 0 Å². The van der Waals surface area contributed by atoms with Gasteiger partial charge in [0.25, 0.3) is 0 Å². The molecule has 2 amide bonds. The third-order valence-electron chi connectivity index (χ3n) is 5.35. The lowest BCUT2D eigenvalue weighted by Gasteiger charge is -2.29. The molecule has 2 fully saturated rings. The minimum atomic E-state index is -0.291. The summed E-state index contributed by atoms with van der Waals surface area (Å²) in [5, 5.41) is 3.39. The summed E-state index contributed by atoms with van der Waals surface area (Å²) in [6.07, 6.45) is 7.41. The monoisotopic (exact) mass is 280 g/mol. The summed E-state index contributed by atoms with van der Waals surface area (Å²) in [7, 11) is 0. The molecule has 2 unspecified atom stereocenters. The van der Waals surface area contributed by atoms with E-state index < -0.39 is 0 Å². The van der Waals surface area contributed by atoms with E-state index in [1.165, 1.54) is 30.6 Å². The van der Waals surface area contributed by atoms with Crippen molar-refractivity contribution in [2.45, 2.75) is 77.8 Å². The Morgan fingerprint density at radius 3 is 2.50 bits per heavy atom. The molecule has 20 heavy (non-hydrogen) atoms. The molecule has 4 nitrogen and oxygen atoms in total. The van der Waals surface area contributed by atoms with Gasteiger partial charge in [0, 0.05) is 12.6 Å². The largest absolute Gasteiger partial charge is 0.305 e. The van der Waals surface area contributed by atoms with E-state index in [2.05, 4.69) is 12.2 Å². The van der Waals surface area contributed by atoms with Crippen molar-refractivity contribution in [3.63, 3.8) is 0 Å². The molecule has 2 atom stereocenters. The van der Waals surface area contributed by atoms with E-state index >= 15 is 0 Å². The average Bonchev–Trinajstić information content (AvgIpc) is 3.02. The molecule has 1 aliphatic heterocycles. The Kier molecular flexibility index (Phi) is 4.84. The Labute approximate surface area is 122 Å². The quantitative estimate of drug-likeness (QED) is 0.760. The van der Waals surface area contributed by atoms with Crippen LogP contribution >= 0.6 is 0 Å². The van der Waals surface area contributed by atoms with Crippen LogP contribution in [0.25, 0.3) is 0 Å². The lowest BCUT2D eigenvalue weighted by molar-refractivity contribution is -0.141. The molecule has 0 aromatic carbocycles. The molecule has 2 aliphatic rings. The number of rotatable bonds is 6. The molecule has 2 rings (SSSR count). The van der Waals surface area contributed by atoms with Gasteiger partial charge < -0.3 is 5.32 Å². The van der Waals surface area contributed by atoms with E-state index in [9.17, 15) is 9.59 Å². The number of amides is 2. The highest BCUT2D eigenvalue weighted by Crippen LogP contribution is 2.40. The van der Waals surface area contributed by atoms with Crippen LogP contribution in [-0.2, 0) is 9.59 Å². The first kappa shape index (κ1) is 15.5. The van der Waals surface area contributed by atoms with Crippen LogP contribution in [0.4, 0.5) is 0 Å². The second kappa shape index (κ2) is 6.25. The molecule has 1 N–H and O–H groups in total. The molecule has 1 heterocycles. The van der Waals surface area contributed by atoms with Crippen molar-refractivity contribution in [2.24, 2.45) is 5.41 Å². The SMILES string of the molecule is CCC(C)N1C(=O)CC(NCC2(CC)CCCC2)C1=O. The van der Waals surface area contributed by atoms with Crippen LogP contribution in [0.2, 0.25) is 0 Å². The summed E-state index contributed by atoms with van der Waals surface area (Å²) < 4.78 is 0. The van der Waals surface area contributed by atoms with E-state index in [-0.39, 0.29) is 23.9 Å². The second-order valence-electron chi connectivity index (χ2n) is 6.56. The van der Waals surface area contributed by atoms with E-state index in [1.54, 1.807) is 0 Å². The van der Waals surface area contributed by atoms with Gasteiger partial charge in [0.05, 0.1) is 12.5 Å². The van der Waals surface area contributed by atoms with Crippen molar-refractivity contribution in [3.05, 3.63) is 0 Å². The molecule has 1 saturated heterocycles. The highest BCUT2D eigenvalue weighted by Gasteiger charge is 2.41. The number of hydrogen-bond donors (Lipinski definition) is 1. The van der Waals surface area contributed by atoms with Gasteiger partial charge in [0.2, 0.25) is 11.8 Å². The molecule has 114 valence electrons. The zero-order valence-corrected chi connectivity index (χ0v) is 13.1. The first-order chi connectivity index (χ1) is 9.53. The van der Waals surface area contributed by atoms with Gasteiger partial charge in [-0.2, -0.15) is 0 Å². The van der Waals surface area contributed by atoms with Gasteiger partial charge in [-0.1, -0.05) is 26.7 Å². The Morgan fingerprint density at radius 2 is 1.95 bits per heavy atom. The molecule has 4 heteroatoms. The maximum absolute atomic E-state index is 12.4. The highest BCUT2D eigenvalue weighted by molar-refractivity contribution is 6.05. The van der Waals surface area contributed by atoms with Crippen molar-refractivity contribution in [1.29, 1.82) is 0 Å². The van der Waals surface area contributed by atoms with Gasteiger partial charge in [-0.3, -0.25) is 14.5 Å². The molecular weight excluding hydrogens is 252 g/mol. The first-order valence-electron chi connectivity index (χ1n) is 8.12. The normalized spacial score (nSPS) is 27.4. The Hall–Kier alpha value is -0.900. The van der Waals surface area contributed by atoms with E-state index in [0.717, 1.165) is 19.4 Å². The number of carbonyl (C=O) groups excluding carboxylic acids is 2. The smallest absolute Gasteiger partial charge is 0.247 e. The predicted octanol–water partition coefficient (Wildman–Crippen LogP) is 2.47. The van der Waals surface area contributed by atoms with Crippen LogP contribution < -0.4 is 5.32 Å². The number of imide groups is 1. The van der Waals surface area contributed by atoms with Gasteiger partial charge in [-0.25, -0.2) is 0 Å². The second-order valence-corrected chi connectivity index (χ2v) is 6.56.